The lowest BCUT2D eigenvalue weighted by Gasteiger charge is -2.10. The number of nitrogens with one attached hydrogen (secondary N) is 1. The molecule has 1 aromatic rings. The predicted molar refractivity (Wildman–Crippen MR) is 99.6 cm³/mol. The topological polar surface area (TPSA) is 29.1 Å². The highest BCUT2D eigenvalue weighted by Gasteiger charge is 2.10. The van der Waals surface area contributed by atoms with Crippen molar-refractivity contribution >= 4 is 5.91 Å². The lowest BCUT2D eigenvalue weighted by Crippen LogP contribution is -2.22. The fourth-order valence-corrected chi connectivity index (χ4v) is 2.36. The minimum atomic E-state index is -0.0675. The van der Waals surface area contributed by atoms with Crippen molar-refractivity contribution in [2.24, 2.45) is 0 Å². The fourth-order valence-electron chi connectivity index (χ4n) is 2.36. The Labute approximate surface area is 141 Å². The summed E-state index contributed by atoms with van der Waals surface area (Å²) in [5, 5.41) is 2.95. The molecule has 2 nitrogen and oxygen atoms in total. The highest BCUT2D eigenvalue weighted by atomic mass is 16.1. The van der Waals surface area contributed by atoms with E-state index in [9.17, 15) is 4.79 Å². The fraction of sp³-hybridized carbons (Fsp3) is 0.381. The molecule has 0 saturated heterocycles. The van der Waals surface area contributed by atoms with Crippen LogP contribution in [-0.4, -0.2) is 5.91 Å². The molecule has 0 heterocycles. The molecule has 0 bridgehead atoms. The van der Waals surface area contributed by atoms with E-state index in [0.717, 1.165) is 28.8 Å². The smallest absolute Gasteiger partial charge is 0.255 e. The van der Waals surface area contributed by atoms with E-state index in [4.69, 9.17) is 0 Å². The summed E-state index contributed by atoms with van der Waals surface area (Å²) in [6.07, 6.45) is 10.4. The zero-order valence-electron chi connectivity index (χ0n) is 14.9. The second-order valence-electron chi connectivity index (χ2n) is 5.98. The van der Waals surface area contributed by atoms with Crippen LogP contribution in [0.2, 0.25) is 0 Å². The lowest BCUT2D eigenvalue weighted by atomic mass is 10.0. The van der Waals surface area contributed by atoms with E-state index in [1.165, 1.54) is 24.8 Å². The molecule has 0 saturated carbocycles. The van der Waals surface area contributed by atoms with Gasteiger partial charge in [-0.15, -0.1) is 0 Å². The maximum Gasteiger partial charge on any atom is 0.255 e. The number of carbonyl (C=O) groups excluding carboxylic acids is 1. The van der Waals surface area contributed by atoms with Crippen molar-refractivity contribution in [3.63, 3.8) is 0 Å². The summed E-state index contributed by atoms with van der Waals surface area (Å²) in [6, 6.07) is 6.13. The molecule has 0 aliphatic carbocycles. The molecule has 23 heavy (non-hydrogen) atoms. The molecule has 1 amide bonds. The molecular formula is C21H29NO. The van der Waals surface area contributed by atoms with Crippen molar-refractivity contribution in [2.75, 3.05) is 0 Å². The third-order valence-electron chi connectivity index (χ3n) is 3.72. The summed E-state index contributed by atoms with van der Waals surface area (Å²) in [7, 11) is 0. The van der Waals surface area contributed by atoms with Crippen LogP contribution in [0.25, 0.3) is 0 Å². The zero-order valence-corrected chi connectivity index (χ0v) is 14.9. The first-order valence-corrected chi connectivity index (χ1v) is 8.38. The van der Waals surface area contributed by atoms with Gasteiger partial charge in [0, 0.05) is 11.3 Å². The SMILES string of the molecule is C=C(C)/C=C\C(=C/C)NC(=O)c1ccc(CCCCC)cc1C. The van der Waals surface area contributed by atoms with Gasteiger partial charge < -0.3 is 5.32 Å². The molecule has 0 aromatic heterocycles. The van der Waals surface area contributed by atoms with Crippen molar-refractivity contribution in [3.8, 4) is 0 Å². The van der Waals surface area contributed by atoms with Gasteiger partial charge in [-0.1, -0.05) is 56.2 Å². The van der Waals surface area contributed by atoms with Crippen LogP contribution in [0, 0.1) is 6.92 Å². The summed E-state index contributed by atoms with van der Waals surface area (Å²) in [5.74, 6) is -0.0675. The first-order chi connectivity index (χ1) is 11.0. The molecule has 1 N–H and O–H groups in total. The highest BCUT2D eigenvalue weighted by molar-refractivity contribution is 5.97. The first-order valence-electron chi connectivity index (χ1n) is 8.38. The van der Waals surface area contributed by atoms with Crippen LogP contribution >= 0.6 is 0 Å². The van der Waals surface area contributed by atoms with E-state index in [2.05, 4.69) is 31.0 Å². The van der Waals surface area contributed by atoms with Gasteiger partial charge in [0.25, 0.3) is 5.91 Å². The summed E-state index contributed by atoms with van der Waals surface area (Å²) < 4.78 is 0. The third-order valence-corrected chi connectivity index (χ3v) is 3.72. The van der Waals surface area contributed by atoms with Crippen molar-refractivity contribution in [1.29, 1.82) is 0 Å². The number of benzene rings is 1. The monoisotopic (exact) mass is 311 g/mol. The summed E-state index contributed by atoms with van der Waals surface area (Å²) in [4.78, 5) is 12.4. The Morgan fingerprint density at radius 1 is 1.26 bits per heavy atom. The number of hydrogen-bond donors (Lipinski definition) is 1. The molecule has 0 unspecified atom stereocenters. The Kier molecular flexibility index (Phi) is 8.10. The Hall–Kier alpha value is -2.09. The van der Waals surface area contributed by atoms with Crippen molar-refractivity contribution in [3.05, 3.63) is 71.0 Å². The van der Waals surface area contributed by atoms with Crippen LogP contribution in [0.4, 0.5) is 0 Å². The van der Waals surface area contributed by atoms with E-state index in [-0.39, 0.29) is 5.91 Å². The molecule has 0 spiro atoms. The minimum absolute atomic E-state index is 0.0675. The number of allylic oxidation sites excluding steroid dienone is 4. The molecule has 0 atom stereocenters. The largest absolute Gasteiger partial charge is 0.322 e. The van der Waals surface area contributed by atoms with Gasteiger partial charge in [0.1, 0.15) is 0 Å². The van der Waals surface area contributed by atoms with Crippen LogP contribution in [-0.2, 0) is 6.42 Å². The second-order valence-corrected chi connectivity index (χ2v) is 5.98. The van der Waals surface area contributed by atoms with Crippen LogP contribution in [0.3, 0.4) is 0 Å². The molecule has 124 valence electrons. The highest BCUT2D eigenvalue weighted by Crippen LogP contribution is 2.14. The van der Waals surface area contributed by atoms with Crippen molar-refractivity contribution in [2.45, 2.75) is 53.4 Å². The summed E-state index contributed by atoms with van der Waals surface area (Å²) in [6.45, 7) is 11.9. The standard InChI is InChI=1S/C21H29NO/c1-6-8-9-10-18-12-14-20(17(5)15-18)21(23)22-19(7-2)13-11-16(3)4/h7,11-15H,3,6,8-10H2,1-2,4-5H3,(H,22,23)/b13-11-,19-7+. The molecule has 1 rings (SSSR count). The Balaban J connectivity index is 2.78. The van der Waals surface area contributed by atoms with Gasteiger partial charge in [0.2, 0.25) is 0 Å². The van der Waals surface area contributed by atoms with E-state index >= 15 is 0 Å². The van der Waals surface area contributed by atoms with Crippen LogP contribution < -0.4 is 5.32 Å². The van der Waals surface area contributed by atoms with E-state index in [1.54, 1.807) is 0 Å². The van der Waals surface area contributed by atoms with E-state index in [0.29, 0.717) is 0 Å². The average molecular weight is 311 g/mol. The van der Waals surface area contributed by atoms with Gasteiger partial charge in [-0.2, -0.15) is 0 Å². The number of carbonyl (C=O) groups is 1. The molecule has 0 aliphatic rings. The van der Waals surface area contributed by atoms with Gasteiger partial charge >= 0.3 is 0 Å². The number of unbranched alkanes of at least 4 members (excludes halogenated alkanes) is 2. The van der Waals surface area contributed by atoms with Crippen LogP contribution in [0.15, 0.2) is 54.3 Å². The van der Waals surface area contributed by atoms with Crippen molar-refractivity contribution < 1.29 is 4.79 Å². The second kappa shape index (κ2) is 9.83. The maximum atomic E-state index is 12.4. The molecular weight excluding hydrogens is 282 g/mol. The summed E-state index contributed by atoms with van der Waals surface area (Å²) in [5.41, 5.74) is 4.79. The Morgan fingerprint density at radius 3 is 2.57 bits per heavy atom. The first kappa shape index (κ1) is 19.0. The predicted octanol–water partition coefficient (Wildman–Crippen LogP) is 5.49. The normalized spacial score (nSPS) is 11.7. The van der Waals surface area contributed by atoms with E-state index in [1.807, 2.05) is 45.1 Å². The number of aryl methyl sites for hydroxylation is 2. The Morgan fingerprint density at radius 2 is 2.00 bits per heavy atom. The number of rotatable bonds is 8. The average Bonchev–Trinajstić information content (AvgIpc) is 2.51. The van der Waals surface area contributed by atoms with Crippen molar-refractivity contribution in [1.82, 2.24) is 5.32 Å². The minimum Gasteiger partial charge on any atom is -0.322 e. The Bertz CT molecular complexity index is 608. The van der Waals surface area contributed by atoms with Crippen LogP contribution in [0.5, 0.6) is 0 Å². The molecule has 2 heteroatoms. The quantitative estimate of drug-likeness (QED) is 0.499. The number of amides is 1. The maximum absolute atomic E-state index is 12.4. The number of hydrogen-bond acceptors (Lipinski definition) is 1. The van der Waals surface area contributed by atoms with Gasteiger partial charge in [0.05, 0.1) is 0 Å². The molecule has 0 radical (unpaired) electrons. The molecule has 0 fully saturated rings. The molecule has 1 aromatic carbocycles. The van der Waals surface area contributed by atoms with Crippen LogP contribution in [0.1, 0.15) is 61.5 Å². The van der Waals surface area contributed by atoms with Gasteiger partial charge in [-0.25, -0.2) is 0 Å². The zero-order chi connectivity index (χ0) is 17.2. The van der Waals surface area contributed by atoms with Gasteiger partial charge in [0.15, 0.2) is 0 Å². The molecule has 0 aliphatic heterocycles. The summed E-state index contributed by atoms with van der Waals surface area (Å²) >= 11 is 0. The van der Waals surface area contributed by atoms with E-state index < -0.39 is 0 Å². The van der Waals surface area contributed by atoms with Gasteiger partial charge in [-0.05, 0) is 56.9 Å². The third kappa shape index (κ3) is 6.68. The van der Waals surface area contributed by atoms with Gasteiger partial charge in [-0.3, -0.25) is 4.79 Å². The lowest BCUT2D eigenvalue weighted by molar-refractivity contribution is 0.0966.